The second kappa shape index (κ2) is 5.02. The summed E-state index contributed by atoms with van der Waals surface area (Å²) in [7, 11) is 0. The fourth-order valence-corrected chi connectivity index (χ4v) is 2.43. The highest BCUT2D eigenvalue weighted by molar-refractivity contribution is 9.10. The molecule has 0 amide bonds. The highest BCUT2D eigenvalue weighted by atomic mass is 79.9. The van der Waals surface area contributed by atoms with Gasteiger partial charge in [-0.25, -0.2) is 4.98 Å². The highest BCUT2D eigenvalue weighted by Crippen LogP contribution is 2.23. The molecule has 0 N–H and O–H groups in total. The number of imidazole rings is 1. The molecule has 5 heteroatoms. The van der Waals surface area contributed by atoms with E-state index in [2.05, 4.69) is 20.9 Å². The molecule has 17 heavy (non-hydrogen) atoms. The lowest BCUT2D eigenvalue weighted by Gasteiger charge is -2.05. The smallest absolute Gasteiger partial charge is 0.229 e. The summed E-state index contributed by atoms with van der Waals surface area (Å²) < 4.78 is 2.49. The quantitative estimate of drug-likeness (QED) is 0.812. The molecule has 0 aliphatic heterocycles. The van der Waals surface area contributed by atoms with Crippen molar-refractivity contribution in [3.05, 3.63) is 51.5 Å². The summed E-state index contributed by atoms with van der Waals surface area (Å²) in [6.45, 7) is 2.68. The average molecular weight is 314 g/mol. The second-order valence-corrected chi connectivity index (χ2v) is 4.78. The molecule has 0 unspecified atom stereocenters. The van der Waals surface area contributed by atoms with Crippen molar-refractivity contribution in [3.63, 3.8) is 0 Å². The monoisotopic (exact) mass is 312 g/mol. The molecule has 0 saturated heterocycles. The number of hydrogen-bond donors (Lipinski definition) is 0. The highest BCUT2D eigenvalue weighted by Gasteiger charge is 2.17. The Bertz CT molecular complexity index is 565. The zero-order chi connectivity index (χ0) is 12.4. The fourth-order valence-electron chi connectivity index (χ4n) is 1.57. The van der Waals surface area contributed by atoms with E-state index in [9.17, 15) is 4.79 Å². The zero-order valence-electron chi connectivity index (χ0n) is 9.15. The van der Waals surface area contributed by atoms with Gasteiger partial charge in [-0.15, -0.1) is 0 Å². The fraction of sp³-hybridized carbons (Fsp3) is 0.167. The minimum absolute atomic E-state index is 0.111. The summed E-state index contributed by atoms with van der Waals surface area (Å²) >= 11 is 9.18. The summed E-state index contributed by atoms with van der Waals surface area (Å²) in [6.07, 6.45) is 3.41. The predicted octanol–water partition coefficient (Wildman–Crippen LogP) is 3.55. The van der Waals surface area contributed by atoms with Crippen LogP contribution in [-0.2, 0) is 6.54 Å². The van der Waals surface area contributed by atoms with Crippen LogP contribution in [0.1, 0.15) is 23.1 Å². The Morgan fingerprint density at radius 3 is 2.94 bits per heavy atom. The first-order valence-electron chi connectivity index (χ1n) is 5.14. The second-order valence-electron chi connectivity index (χ2n) is 3.49. The summed E-state index contributed by atoms with van der Waals surface area (Å²) in [5.41, 5.74) is 0.565. The van der Waals surface area contributed by atoms with Crippen molar-refractivity contribution in [2.24, 2.45) is 0 Å². The van der Waals surface area contributed by atoms with Crippen molar-refractivity contribution in [1.29, 1.82) is 0 Å². The van der Waals surface area contributed by atoms with Crippen LogP contribution in [0, 0.1) is 0 Å². The molecule has 2 aromatic rings. The molecule has 1 aromatic heterocycles. The summed E-state index contributed by atoms with van der Waals surface area (Å²) in [4.78, 5) is 16.3. The van der Waals surface area contributed by atoms with E-state index in [-0.39, 0.29) is 5.78 Å². The lowest BCUT2D eigenvalue weighted by Crippen LogP contribution is -2.11. The molecule has 0 aliphatic carbocycles. The Morgan fingerprint density at radius 2 is 2.29 bits per heavy atom. The van der Waals surface area contributed by atoms with E-state index < -0.39 is 0 Å². The van der Waals surface area contributed by atoms with E-state index in [0.29, 0.717) is 27.4 Å². The van der Waals surface area contributed by atoms with Gasteiger partial charge in [0.05, 0.1) is 0 Å². The standard InChI is InChI=1S/C12H10BrClN2O/c1-2-16-6-5-15-12(16)11(17)9-4-3-8(14)7-10(9)13/h3-7H,2H2,1H3. The third-order valence-electron chi connectivity index (χ3n) is 2.44. The number of aryl methyl sites for hydroxylation is 1. The van der Waals surface area contributed by atoms with Crippen LogP contribution in [0.3, 0.4) is 0 Å². The number of rotatable bonds is 3. The van der Waals surface area contributed by atoms with Crippen LogP contribution in [-0.4, -0.2) is 15.3 Å². The SMILES string of the molecule is CCn1ccnc1C(=O)c1ccc(Cl)cc1Br. The van der Waals surface area contributed by atoms with Crippen LogP contribution in [0.25, 0.3) is 0 Å². The van der Waals surface area contributed by atoms with Crippen LogP contribution in [0.5, 0.6) is 0 Å². The molecule has 2 rings (SSSR count). The van der Waals surface area contributed by atoms with E-state index in [1.807, 2.05) is 11.5 Å². The van der Waals surface area contributed by atoms with E-state index in [4.69, 9.17) is 11.6 Å². The van der Waals surface area contributed by atoms with Crippen LogP contribution in [0.2, 0.25) is 5.02 Å². The third kappa shape index (κ3) is 2.42. The van der Waals surface area contributed by atoms with Gasteiger partial charge in [-0.05, 0) is 41.1 Å². The van der Waals surface area contributed by atoms with Crippen molar-refractivity contribution >= 4 is 33.3 Å². The van der Waals surface area contributed by atoms with Crippen LogP contribution in [0.15, 0.2) is 35.1 Å². The van der Waals surface area contributed by atoms with Crippen molar-refractivity contribution in [2.45, 2.75) is 13.5 Å². The van der Waals surface area contributed by atoms with Gasteiger partial charge in [0.2, 0.25) is 5.78 Å². The number of carbonyl (C=O) groups excluding carboxylic acids is 1. The Hall–Kier alpha value is -1.13. The molecule has 0 spiro atoms. The number of ketones is 1. The molecular weight excluding hydrogens is 304 g/mol. The molecule has 0 bridgehead atoms. The lowest BCUT2D eigenvalue weighted by molar-refractivity contribution is 0.102. The summed E-state index contributed by atoms with van der Waals surface area (Å²) in [5, 5.41) is 0.590. The van der Waals surface area contributed by atoms with Gasteiger partial charge >= 0.3 is 0 Å². The van der Waals surface area contributed by atoms with Crippen LogP contribution >= 0.6 is 27.5 Å². The minimum atomic E-state index is -0.111. The van der Waals surface area contributed by atoms with E-state index >= 15 is 0 Å². The first-order chi connectivity index (χ1) is 8.13. The Labute approximate surface area is 113 Å². The Balaban J connectivity index is 2.44. The van der Waals surface area contributed by atoms with Crippen molar-refractivity contribution < 1.29 is 4.79 Å². The summed E-state index contributed by atoms with van der Waals surface area (Å²) in [6, 6.07) is 5.09. The van der Waals surface area contributed by atoms with Crippen molar-refractivity contribution in [2.75, 3.05) is 0 Å². The predicted molar refractivity (Wildman–Crippen MR) is 70.5 cm³/mol. The Morgan fingerprint density at radius 1 is 1.53 bits per heavy atom. The number of carbonyl (C=O) groups is 1. The average Bonchev–Trinajstić information content (AvgIpc) is 2.76. The first-order valence-corrected chi connectivity index (χ1v) is 6.31. The van der Waals surface area contributed by atoms with Gasteiger partial charge in [-0.3, -0.25) is 4.79 Å². The van der Waals surface area contributed by atoms with Gasteiger partial charge in [-0.1, -0.05) is 11.6 Å². The van der Waals surface area contributed by atoms with Crippen molar-refractivity contribution in [1.82, 2.24) is 9.55 Å². The maximum absolute atomic E-state index is 12.3. The molecule has 1 heterocycles. The molecule has 0 saturated carbocycles. The molecule has 88 valence electrons. The number of aromatic nitrogens is 2. The first kappa shape index (κ1) is 12.3. The number of hydrogen-bond acceptors (Lipinski definition) is 2. The van der Waals surface area contributed by atoms with Gasteiger partial charge in [0, 0.05) is 34.0 Å². The molecule has 1 aromatic carbocycles. The minimum Gasteiger partial charge on any atom is -0.328 e. The molecular formula is C12H10BrClN2O. The van der Waals surface area contributed by atoms with Crippen LogP contribution < -0.4 is 0 Å². The summed E-state index contributed by atoms with van der Waals surface area (Å²) in [5.74, 6) is 0.330. The molecule has 0 radical (unpaired) electrons. The molecule has 0 aliphatic rings. The Kier molecular flexibility index (Phi) is 3.64. The maximum atomic E-state index is 12.3. The molecule has 0 atom stereocenters. The van der Waals surface area contributed by atoms with Crippen molar-refractivity contribution in [3.8, 4) is 0 Å². The lowest BCUT2D eigenvalue weighted by atomic mass is 10.1. The molecule has 3 nitrogen and oxygen atoms in total. The van der Waals surface area contributed by atoms with E-state index in [1.165, 1.54) is 0 Å². The normalized spacial score (nSPS) is 10.5. The maximum Gasteiger partial charge on any atom is 0.229 e. The van der Waals surface area contributed by atoms with Gasteiger partial charge in [0.1, 0.15) is 0 Å². The van der Waals surface area contributed by atoms with Gasteiger partial charge in [0.25, 0.3) is 0 Å². The topological polar surface area (TPSA) is 34.9 Å². The molecule has 0 fully saturated rings. The largest absolute Gasteiger partial charge is 0.328 e. The number of benzene rings is 1. The number of nitrogens with zero attached hydrogens (tertiary/aromatic N) is 2. The van der Waals surface area contributed by atoms with Crippen LogP contribution in [0.4, 0.5) is 0 Å². The van der Waals surface area contributed by atoms with Gasteiger partial charge in [0.15, 0.2) is 5.82 Å². The zero-order valence-corrected chi connectivity index (χ0v) is 11.5. The third-order valence-corrected chi connectivity index (χ3v) is 3.33. The van der Waals surface area contributed by atoms with Gasteiger partial charge < -0.3 is 4.57 Å². The number of halogens is 2. The van der Waals surface area contributed by atoms with E-state index in [0.717, 1.165) is 0 Å². The van der Waals surface area contributed by atoms with E-state index in [1.54, 1.807) is 30.6 Å². The van der Waals surface area contributed by atoms with Gasteiger partial charge in [-0.2, -0.15) is 0 Å².